The number of carbonyl (C=O) groups is 3. The predicted octanol–water partition coefficient (Wildman–Crippen LogP) is 19.5. The zero-order chi connectivity index (χ0) is 47.9. The average molecular weight is 930 g/mol. The molecule has 0 amide bonds. The van der Waals surface area contributed by atoms with Gasteiger partial charge < -0.3 is 14.2 Å². The van der Waals surface area contributed by atoms with Crippen LogP contribution in [0.1, 0.15) is 323 Å². The van der Waals surface area contributed by atoms with Crippen LogP contribution in [-0.2, 0) is 28.6 Å². The summed E-state index contributed by atoms with van der Waals surface area (Å²) in [4.78, 5) is 38.1. The number of hydrogen-bond acceptors (Lipinski definition) is 6. The molecule has 388 valence electrons. The molecule has 0 N–H and O–H groups in total. The van der Waals surface area contributed by atoms with E-state index < -0.39 is 6.10 Å². The lowest BCUT2D eigenvalue weighted by molar-refractivity contribution is -0.167. The minimum atomic E-state index is -0.772. The van der Waals surface area contributed by atoms with Gasteiger partial charge in [0.15, 0.2) is 6.10 Å². The lowest BCUT2D eigenvalue weighted by Gasteiger charge is -2.18. The van der Waals surface area contributed by atoms with Crippen molar-refractivity contribution in [1.82, 2.24) is 0 Å². The molecule has 1 atom stereocenters. The molecule has 0 heterocycles. The van der Waals surface area contributed by atoms with E-state index >= 15 is 0 Å². The predicted molar refractivity (Wildman–Crippen MR) is 284 cm³/mol. The third-order valence-electron chi connectivity index (χ3n) is 13.2. The second-order valence-electron chi connectivity index (χ2n) is 19.9. The SMILES string of the molecule is CCC/C=C\C/C=C\CCCCCCCC(=O)OCC(COC(=O)CCCCCCCCCCCCCCCCCCCCC)OC(=O)CCCCCCCCCCCCCCCCCC. The highest BCUT2D eigenvalue weighted by Gasteiger charge is 2.19. The summed E-state index contributed by atoms with van der Waals surface area (Å²) in [6, 6.07) is 0. The van der Waals surface area contributed by atoms with Crippen molar-refractivity contribution < 1.29 is 28.6 Å². The fraction of sp³-hybridized carbons (Fsp3) is 0.883. The fourth-order valence-corrected chi connectivity index (χ4v) is 8.78. The van der Waals surface area contributed by atoms with Crippen LogP contribution in [0.25, 0.3) is 0 Å². The molecule has 0 aliphatic rings. The molecule has 0 spiro atoms. The molecule has 0 saturated carbocycles. The number of ether oxygens (including phenoxy) is 3. The first-order valence-corrected chi connectivity index (χ1v) is 29.3. The molecule has 0 aromatic carbocycles. The van der Waals surface area contributed by atoms with Gasteiger partial charge in [-0.25, -0.2) is 0 Å². The van der Waals surface area contributed by atoms with Crippen LogP contribution in [0.3, 0.4) is 0 Å². The van der Waals surface area contributed by atoms with E-state index in [1.165, 1.54) is 199 Å². The second kappa shape index (κ2) is 55.5. The van der Waals surface area contributed by atoms with Crippen molar-refractivity contribution in [3.63, 3.8) is 0 Å². The van der Waals surface area contributed by atoms with Crippen LogP contribution in [0.4, 0.5) is 0 Å². The summed E-state index contributed by atoms with van der Waals surface area (Å²) in [5.41, 5.74) is 0. The van der Waals surface area contributed by atoms with Gasteiger partial charge in [0.25, 0.3) is 0 Å². The van der Waals surface area contributed by atoms with Crippen molar-refractivity contribution >= 4 is 17.9 Å². The van der Waals surface area contributed by atoms with Crippen molar-refractivity contribution in [3.8, 4) is 0 Å². The van der Waals surface area contributed by atoms with Crippen LogP contribution in [0.2, 0.25) is 0 Å². The van der Waals surface area contributed by atoms with Gasteiger partial charge >= 0.3 is 17.9 Å². The molecule has 0 aromatic heterocycles. The molecule has 0 aliphatic heterocycles. The zero-order valence-electron chi connectivity index (χ0n) is 44.5. The maximum Gasteiger partial charge on any atom is 0.306 e. The lowest BCUT2D eigenvalue weighted by Crippen LogP contribution is -2.30. The lowest BCUT2D eigenvalue weighted by atomic mass is 10.0. The molecular weight excluding hydrogens is 817 g/mol. The minimum Gasteiger partial charge on any atom is -0.462 e. The topological polar surface area (TPSA) is 78.9 Å². The minimum absolute atomic E-state index is 0.0700. The summed E-state index contributed by atoms with van der Waals surface area (Å²) in [5, 5.41) is 0. The third kappa shape index (κ3) is 52.9. The average Bonchev–Trinajstić information content (AvgIpc) is 3.31. The highest BCUT2D eigenvalue weighted by molar-refractivity contribution is 5.71. The van der Waals surface area contributed by atoms with E-state index in [0.29, 0.717) is 19.3 Å². The monoisotopic (exact) mass is 929 g/mol. The van der Waals surface area contributed by atoms with Crippen molar-refractivity contribution in [2.24, 2.45) is 0 Å². The van der Waals surface area contributed by atoms with Crippen LogP contribution in [-0.4, -0.2) is 37.2 Å². The van der Waals surface area contributed by atoms with Gasteiger partial charge in [-0.3, -0.25) is 14.4 Å². The highest BCUT2D eigenvalue weighted by atomic mass is 16.6. The Balaban J connectivity index is 4.30. The third-order valence-corrected chi connectivity index (χ3v) is 13.2. The van der Waals surface area contributed by atoms with Crippen molar-refractivity contribution in [3.05, 3.63) is 24.3 Å². The summed E-state index contributed by atoms with van der Waals surface area (Å²) in [6.45, 7) is 6.62. The van der Waals surface area contributed by atoms with Crippen LogP contribution in [0.5, 0.6) is 0 Å². The van der Waals surface area contributed by atoms with E-state index in [1.54, 1.807) is 0 Å². The second-order valence-corrected chi connectivity index (χ2v) is 19.9. The van der Waals surface area contributed by atoms with Gasteiger partial charge in [-0.2, -0.15) is 0 Å². The van der Waals surface area contributed by atoms with Gasteiger partial charge in [0.05, 0.1) is 0 Å². The van der Waals surface area contributed by atoms with Gasteiger partial charge in [-0.15, -0.1) is 0 Å². The van der Waals surface area contributed by atoms with Crippen molar-refractivity contribution in [2.75, 3.05) is 13.2 Å². The molecule has 0 radical (unpaired) electrons. The van der Waals surface area contributed by atoms with Gasteiger partial charge in [-0.05, 0) is 44.9 Å². The van der Waals surface area contributed by atoms with Gasteiger partial charge in [0.1, 0.15) is 13.2 Å². The van der Waals surface area contributed by atoms with Crippen LogP contribution < -0.4 is 0 Å². The summed E-state index contributed by atoms with van der Waals surface area (Å²) < 4.78 is 16.9. The standard InChI is InChI=1S/C60H112O6/c1-4-7-10-13-16-19-22-25-27-29-30-31-33-35-38-41-44-47-50-53-59(62)65-56-57(55-64-58(61)52-49-46-43-40-37-34-24-21-18-15-12-9-6-3)66-60(63)54-51-48-45-42-39-36-32-28-26-23-20-17-14-11-8-5-2/h12,15,21,24,57H,4-11,13-14,16-20,22-23,25-56H2,1-3H3/b15-12-,24-21-. The summed E-state index contributed by atoms with van der Waals surface area (Å²) in [7, 11) is 0. The first kappa shape index (κ1) is 63.9. The van der Waals surface area contributed by atoms with Gasteiger partial charge in [0.2, 0.25) is 0 Å². The number of allylic oxidation sites excluding steroid dienone is 4. The molecule has 0 saturated heterocycles. The van der Waals surface area contributed by atoms with E-state index in [0.717, 1.165) is 83.5 Å². The Labute approximate surface area is 411 Å². The highest BCUT2D eigenvalue weighted by Crippen LogP contribution is 2.17. The normalized spacial score (nSPS) is 12.1. The van der Waals surface area contributed by atoms with E-state index in [-0.39, 0.29) is 31.1 Å². The quantitative estimate of drug-likeness (QED) is 0.0262. The fourth-order valence-electron chi connectivity index (χ4n) is 8.78. The number of hydrogen-bond donors (Lipinski definition) is 0. The van der Waals surface area contributed by atoms with Crippen LogP contribution in [0.15, 0.2) is 24.3 Å². The Kier molecular flexibility index (Phi) is 53.7. The van der Waals surface area contributed by atoms with Crippen LogP contribution >= 0.6 is 0 Å². The maximum atomic E-state index is 12.8. The summed E-state index contributed by atoms with van der Waals surface area (Å²) in [5.74, 6) is -0.862. The Morgan fingerprint density at radius 1 is 0.303 bits per heavy atom. The Hall–Kier alpha value is -2.11. The van der Waals surface area contributed by atoms with E-state index in [2.05, 4.69) is 45.1 Å². The molecule has 0 aliphatic carbocycles. The molecule has 0 fully saturated rings. The van der Waals surface area contributed by atoms with Crippen molar-refractivity contribution in [1.29, 1.82) is 0 Å². The van der Waals surface area contributed by atoms with Gasteiger partial charge in [0, 0.05) is 19.3 Å². The summed E-state index contributed by atoms with van der Waals surface area (Å²) in [6.07, 6.45) is 64.6. The Bertz CT molecular complexity index is 1070. The number of carbonyl (C=O) groups excluding carboxylic acids is 3. The largest absolute Gasteiger partial charge is 0.462 e. The van der Waals surface area contributed by atoms with Crippen molar-refractivity contribution in [2.45, 2.75) is 329 Å². The van der Waals surface area contributed by atoms with Crippen LogP contribution in [0, 0.1) is 0 Å². The zero-order valence-corrected chi connectivity index (χ0v) is 44.5. The first-order chi connectivity index (χ1) is 32.5. The Morgan fingerprint density at radius 2 is 0.576 bits per heavy atom. The molecule has 0 bridgehead atoms. The number of unbranched alkanes of at least 4 members (excludes halogenated alkanes) is 39. The number of rotatable bonds is 54. The molecule has 1 unspecified atom stereocenters. The molecule has 0 rings (SSSR count). The molecule has 6 heteroatoms. The molecular formula is C60H112O6. The first-order valence-electron chi connectivity index (χ1n) is 29.3. The van der Waals surface area contributed by atoms with E-state index in [1.807, 2.05) is 0 Å². The Morgan fingerprint density at radius 3 is 0.894 bits per heavy atom. The summed E-state index contributed by atoms with van der Waals surface area (Å²) >= 11 is 0. The van der Waals surface area contributed by atoms with Gasteiger partial charge in [-0.1, -0.05) is 283 Å². The molecule has 6 nitrogen and oxygen atoms in total. The maximum absolute atomic E-state index is 12.8. The van der Waals surface area contributed by atoms with E-state index in [4.69, 9.17) is 14.2 Å². The number of esters is 3. The smallest absolute Gasteiger partial charge is 0.306 e. The van der Waals surface area contributed by atoms with E-state index in [9.17, 15) is 14.4 Å². The molecule has 66 heavy (non-hydrogen) atoms. The molecule has 0 aromatic rings.